The number of nitrogens with zero attached hydrogens (tertiary/aromatic N) is 4. The first-order chi connectivity index (χ1) is 12.5. The zero-order chi connectivity index (χ0) is 19.1. The van der Waals surface area contributed by atoms with Gasteiger partial charge in [-0.2, -0.15) is 4.80 Å². The minimum Gasteiger partial charge on any atom is -0.481 e. The minimum atomic E-state index is -0.913. The summed E-state index contributed by atoms with van der Waals surface area (Å²) in [5.74, 6) is -1.45. The largest absolute Gasteiger partial charge is 0.481 e. The van der Waals surface area contributed by atoms with E-state index >= 15 is 0 Å². The van der Waals surface area contributed by atoms with E-state index in [-0.39, 0.29) is 12.5 Å². The Balaban J connectivity index is 2.06. The highest BCUT2D eigenvalue weighted by molar-refractivity contribution is 6.30. The highest BCUT2D eigenvalue weighted by Crippen LogP contribution is 2.18. The average molecular weight is 380 g/mol. The lowest BCUT2D eigenvalue weighted by Crippen LogP contribution is -2.38. The summed E-state index contributed by atoms with van der Waals surface area (Å²) in [4.78, 5) is 24.9. The van der Waals surface area contributed by atoms with Crippen molar-refractivity contribution in [2.24, 2.45) is 5.92 Å². The van der Waals surface area contributed by atoms with Crippen LogP contribution in [0.25, 0.3) is 11.4 Å². The highest BCUT2D eigenvalue weighted by atomic mass is 35.5. The monoisotopic (exact) mass is 379 g/mol. The van der Waals surface area contributed by atoms with Crippen LogP contribution in [0, 0.1) is 5.92 Å². The zero-order valence-corrected chi connectivity index (χ0v) is 15.5. The number of carboxylic acid groups (broad SMARTS) is 1. The fraction of sp³-hybridized carbons (Fsp3) is 0.471. The number of halogens is 1. The fourth-order valence-corrected chi connectivity index (χ4v) is 2.65. The van der Waals surface area contributed by atoms with Crippen LogP contribution in [-0.4, -0.2) is 43.7 Å². The first kappa shape index (κ1) is 19.8. The molecular formula is C17H22ClN5O3. The fourth-order valence-electron chi connectivity index (χ4n) is 2.53. The van der Waals surface area contributed by atoms with Crippen LogP contribution in [0.2, 0.25) is 5.02 Å². The molecule has 1 aromatic carbocycles. The molecule has 2 rings (SSSR count). The minimum absolute atomic E-state index is 0.0806. The molecule has 0 spiro atoms. The number of amides is 1. The molecule has 26 heavy (non-hydrogen) atoms. The van der Waals surface area contributed by atoms with Crippen molar-refractivity contribution in [3.8, 4) is 11.4 Å². The van der Waals surface area contributed by atoms with Crippen molar-refractivity contribution in [2.75, 3.05) is 6.54 Å². The summed E-state index contributed by atoms with van der Waals surface area (Å²) < 4.78 is 0. The smallest absolute Gasteiger partial charge is 0.308 e. The van der Waals surface area contributed by atoms with Crippen molar-refractivity contribution in [3.05, 3.63) is 29.3 Å². The molecule has 9 heteroatoms. The molecule has 1 aromatic heterocycles. The predicted octanol–water partition coefficient (Wildman–Crippen LogP) is 2.56. The van der Waals surface area contributed by atoms with E-state index < -0.39 is 17.9 Å². The van der Waals surface area contributed by atoms with E-state index in [0.717, 1.165) is 12.0 Å². The van der Waals surface area contributed by atoms with E-state index in [1.165, 1.54) is 4.80 Å². The van der Waals surface area contributed by atoms with E-state index in [2.05, 4.69) is 20.7 Å². The third-order valence-electron chi connectivity index (χ3n) is 4.01. The van der Waals surface area contributed by atoms with E-state index in [0.29, 0.717) is 23.7 Å². The van der Waals surface area contributed by atoms with Crippen LogP contribution in [-0.2, 0) is 9.59 Å². The van der Waals surface area contributed by atoms with Crippen molar-refractivity contribution in [1.82, 2.24) is 25.5 Å². The molecule has 2 N–H and O–H groups in total. The molecule has 0 aliphatic heterocycles. The lowest BCUT2D eigenvalue weighted by molar-refractivity contribution is -0.142. The van der Waals surface area contributed by atoms with Gasteiger partial charge < -0.3 is 10.4 Å². The van der Waals surface area contributed by atoms with Crippen LogP contribution < -0.4 is 5.32 Å². The topological polar surface area (TPSA) is 110 Å². The number of nitrogens with one attached hydrogen (secondary N) is 1. The zero-order valence-electron chi connectivity index (χ0n) is 14.7. The molecular weight excluding hydrogens is 358 g/mol. The first-order valence-electron chi connectivity index (χ1n) is 8.52. The molecule has 2 unspecified atom stereocenters. The molecule has 0 bridgehead atoms. The Labute approximate surface area is 156 Å². The molecule has 1 amide bonds. The predicted molar refractivity (Wildman–Crippen MR) is 96.6 cm³/mol. The lowest BCUT2D eigenvalue weighted by atomic mass is 10.0. The Morgan fingerprint density at radius 3 is 2.54 bits per heavy atom. The van der Waals surface area contributed by atoms with Crippen molar-refractivity contribution in [1.29, 1.82) is 0 Å². The number of carbonyl (C=O) groups excluding carboxylic acids is 1. The Morgan fingerprint density at radius 1 is 1.27 bits per heavy atom. The molecule has 0 radical (unpaired) electrons. The van der Waals surface area contributed by atoms with Crippen molar-refractivity contribution < 1.29 is 14.7 Å². The summed E-state index contributed by atoms with van der Waals surface area (Å²) in [5.41, 5.74) is 0.741. The lowest BCUT2D eigenvalue weighted by Gasteiger charge is -2.16. The first-order valence-corrected chi connectivity index (χ1v) is 8.90. The van der Waals surface area contributed by atoms with Crippen LogP contribution >= 0.6 is 11.6 Å². The number of aromatic nitrogens is 4. The number of tetrazole rings is 1. The van der Waals surface area contributed by atoms with Gasteiger partial charge in [-0.05, 0) is 42.3 Å². The van der Waals surface area contributed by atoms with Gasteiger partial charge in [-0.25, -0.2) is 0 Å². The number of hydrogen-bond donors (Lipinski definition) is 2. The van der Waals surface area contributed by atoms with Crippen LogP contribution in [0.3, 0.4) is 0 Å². The van der Waals surface area contributed by atoms with Gasteiger partial charge in [0.1, 0.15) is 0 Å². The maximum atomic E-state index is 12.4. The van der Waals surface area contributed by atoms with Gasteiger partial charge in [0.2, 0.25) is 11.7 Å². The van der Waals surface area contributed by atoms with Crippen LogP contribution in [0.4, 0.5) is 0 Å². The van der Waals surface area contributed by atoms with E-state index in [1.54, 1.807) is 24.3 Å². The second-order valence-corrected chi connectivity index (χ2v) is 6.37. The average Bonchev–Trinajstić information content (AvgIpc) is 3.09. The second kappa shape index (κ2) is 9.28. The van der Waals surface area contributed by atoms with Crippen LogP contribution in [0.15, 0.2) is 24.3 Å². The molecule has 0 aliphatic rings. The molecule has 1 heterocycles. The Bertz CT molecular complexity index is 747. The van der Waals surface area contributed by atoms with Gasteiger partial charge in [-0.15, -0.1) is 10.2 Å². The summed E-state index contributed by atoms with van der Waals surface area (Å²) in [7, 11) is 0. The van der Waals surface area contributed by atoms with Crippen LogP contribution in [0.5, 0.6) is 0 Å². The molecule has 0 saturated carbocycles. The van der Waals surface area contributed by atoms with Gasteiger partial charge in [-0.1, -0.05) is 31.9 Å². The molecule has 2 aromatic rings. The van der Waals surface area contributed by atoms with Crippen molar-refractivity contribution in [2.45, 2.75) is 39.2 Å². The van der Waals surface area contributed by atoms with E-state index in [4.69, 9.17) is 11.6 Å². The number of benzene rings is 1. The summed E-state index contributed by atoms with van der Waals surface area (Å²) in [6, 6.07) is 6.34. The van der Waals surface area contributed by atoms with Crippen molar-refractivity contribution in [3.63, 3.8) is 0 Å². The number of rotatable bonds is 9. The van der Waals surface area contributed by atoms with Gasteiger partial charge in [0.05, 0.1) is 5.92 Å². The number of carbonyl (C=O) groups is 2. The Morgan fingerprint density at radius 2 is 1.96 bits per heavy atom. The maximum Gasteiger partial charge on any atom is 0.308 e. The molecule has 140 valence electrons. The van der Waals surface area contributed by atoms with Gasteiger partial charge in [0.25, 0.3) is 0 Å². The summed E-state index contributed by atoms with van der Waals surface area (Å²) in [5, 5.41) is 24.7. The Hall–Kier alpha value is -2.48. The van der Waals surface area contributed by atoms with E-state index in [9.17, 15) is 14.7 Å². The molecule has 2 atom stereocenters. The SMILES string of the molecule is CCCC(CNC(=O)C(CC)n1nnc(-c2ccc(Cl)cc2)n1)C(=O)O. The second-order valence-electron chi connectivity index (χ2n) is 5.93. The van der Waals surface area contributed by atoms with Crippen LogP contribution in [0.1, 0.15) is 39.2 Å². The van der Waals surface area contributed by atoms with E-state index in [1.807, 2.05) is 13.8 Å². The quantitative estimate of drug-likeness (QED) is 0.692. The number of carboxylic acids is 1. The molecule has 8 nitrogen and oxygen atoms in total. The van der Waals surface area contributed by atoms with Gasteiger partial charge >= 0.3 is 5.97 Å². The third-order valence-corrected chi connectivity index (χ3v) is 4.26. The van der Waals surface area contributed by atoms with Crippen molar-refractivity contribution >= 4 is 23.5 Å². The third kappa shape index (κ3) is 5.01. The highest BCUT2D eigenvalue weighted by Gasteiger charge is 2.24. The summed E-state index contributed by atoms with van der Waals surface area (Å²) in [6.07, 6.45) is 1.70. The number of aliphatic carboxylic acids is 1. The summed E-state index contributed by atoms with van der Waals surface area (Å²) >= 11 is 5.87. The Kier molecular flexibility index (Phi) is 7.08. The maximum absolute atomic E-state index is 12.4. The normalized spacial score (nSPS) is 13.2. The summed E-state index contributed by atoms with van der Waals surface area (Å²) in [6.45, 7) is 3.82. The number of hydrogen-bond acceptors (Lipinski definition) is 5. The molecule has 0 saturated heterocycles. The molecule has 0 fully saturated rings. The van der Waals surface area contributed by atoms with Gasteiger partial charge in [0.15, 0.2) is 6.04 Å². The van der Waals surface area contributed by atoms with Gasteiger partial charge in [-0.3, -0.25) is 9.59 Å². The van der Waals surface area contributed by atoms with Gasteiger partial charge in [0, 0.05) is 17.1 Å². The molecule has 0 aliphatic carbocycles. The standard InChI is InChI=1S/C17H22ClN5O3/c1-3-5-12(17(25)26)10-19-16(24)14(4-2)23-21-15(20-22-23)11-6-8-13(18)9-7-11/h6-9,12,14H,3-5,10H2,1-2H3,(H,19,24)(H,25,26).